The van der Waals surface area contributed by atoms with Crippen molar-refractivity contribution in [2.45, 2.75) is 180 Å². The van der Waals surface area contributed by atoms with Crippen LogP contribution in [-0.2, 0) is 19.1 Å². The van der Waals surface area contributed by atoms with Gasteiger partial charge in [-0.15, -0.1) is 0 Å². The molecule has 0 amide bonds. The lowest BCUT2D eigenvalue weighted by atomic mass is 9.86. The molecule has 3 aromatic rings. The van der Waals surface area contributed by atoms with Crippen LogP contribution in [0.1, 0.15) is 191 Å². The Morgan fingerprint density at radius 3 is 1.48 bits per heavy atom. The molecule has 0 aromatic heterocycles. The van der Waals surface area contributed by atoms with Gasteiger partial charge < -0.3 is 24.2 Å². The molecule has 0 aliphatic heterocycles. The van der Waals surface area contributed by atoms with E-state index < -0.39 is 6.10 Å². The van der Waals surface area contributed by atoms with Crippen LogP contribution in [0.4, 0.5) is 0 Å². The second-order valence-electron chi connectivity index (χ2n) is 17.5. The van der Waals surface area contributed by atoms with Crippen molar-refractivity contribution >= 4 is 23.1 Å². The summed E-state index contributed by atoms with van der Waals surface area (Å²) in [6.07, 6.45) is 27.0. The summed E-state index contributed by atoms with van der Waals surface area (Å²) in [7, 11) is 4.05. The van der Waals surface area contributed by atoms with Crippen molar-refractivity contribution in [1.82, 2.24) is 4.90 Å². The molecular weight excluding hydrogens is 771 g/mol. The quantitative estimate of drug-likeness (QED) is 0.0354. The molecule has 0 aliphatic rings. The molecule has 344 valence electrons. The number of phenolic OH excluding ortho intramolecular Hbond substituents is 1. The highest BCUT2D eigenvalue weighted by Gasteiger charge is 2.23. The van der Waals surface area contributed by atoms with E-state index in [0.29, 0.717) is 25.9 Å². The molecule has 0 heterocycles. The van der Waals surface area contributed by atoms with Crippen molar-refractivity contribution in [1.29, 1.82) is 0 Å². The Hall–Kier alpha value is -4.10. The summed E-state index contributed by atoms with van der Waals surface area (Å²) in [4.78, 5) is 28.8. The molecule has 1 unspecified atom stereocenters. The van der Waals surface area contributed by atoms with E-state index in [2.05, 4.69) is 43.0 Å². The van der Waals surface area contributed by atoms with Gasteiger partial charge in [0.2, 0.25) is 0 Å². The molecule has 0 aliphatic carbocycles. The first-order valence-electron chi connectivity index (χ1n) is 24.6. The zero-order valence-electron chi connectivity index (χ0n) is 39.3. The molecule has 7 heteroatoms. The minimum atomic E-state index is -0.688. The normalized spacial score (nSPS) is 12.3. The van der Waals surface area contributed by atoms with Gasteiger partial charge in [-0.1, -0.05) is 197 Å². The third-order valence-electron chi connectivity index (χ3n) is 11.7. The molecule has 3 rings (SSSR count). The minimum absolute atomic E-state index is 0.0152. The van der Waals surface area contributed by atoms with E-state index in [0.717, 1.165) is 78.7 Å². The zero-order valence-corrected chi connectivity index (χ0v) is 39.3. The van der Waals surface area contributed by atoms with Crippen LogP contribution in [0.2, 0.25) is 0 Å². The first-order chi connectivity index (χ1) is 30.3. The Morgan fingerprint density at radius 1 is 0.548 bits per heavy atom. The molecule has 3 aromatic carbocycles. The maximum Gasteiger partial charge on any atom is 0.306 e. The maximum absolute atomic E-state index is 13.6. The summed E-state index contributed by atoms with van der Waals surface area (Å²) in [5, 5.41) is 10.3. The van der Waals surface area contributed by atoms with Crippen LogP contribution in [-0.4, -0.2) is 61.9 Å². The Morgan fingerprint density at radius 2 is 1.00 bits per heavy atom. The van der Waals surface area contributed by atoms with Gasteiger partial charge >= 0.3 is 11.9 Å². The second kappa shape index (κ2) is 33.5. The number of benzene rings is 3. The van der Waals surface area contributed by atoms with E-state index in [-0.39, 0.29) is 24.3 Å². The van der Waals surface area contributed by atoms with Crippen LogP contribution in [0.25, 0.3) is 11.1 Å². The first-order valence-corrected chi connectivity index (χ1v) is 24.6. The molecule has 1 atom stereocenters. The molecule has 0 saturated carbocycles. The number of phenols is 1. The Labute approximate surface area is 377 Å². The zero-order chi connectivity index (χ0) is 44.5. The monoisotopic (exact) mass is 854 g/mol. The van der Waals surface area contributed by atoms with Crippen LogP contribution in [0.3, 0.4) is 0 Å². The molecule has 7 nitrogen and oxygen atoms in total. The van der Waals surface area contributed by atoms with E-state index in [1.807, 2.05) is 56.6 Å². The van der Waals surface area contributed by atoms with Crippen molar-refractivity contribution in [2.75, 3.05) is 33.9 Å². The van der Waals surface area contributed by atoms with Crippen LogP contribution in [0.5, 0.6) is 11.5 Å². The number of nitrogens with zero attached hydrogens (tertiary/aromatic N) is 1. The van der Waals surface area contributed by atoms with Crippen LogP contribution in [0, 0.1) is 0 Å². The topological polar surface area (TPSA) is 85.3 Å². The Balaban J connectivity index is 1.76. The van der Waals surface area contributed by atoms with E-state index in [4.69, 9.17) is 14.2 Å². The highest BCUT2D eigenvalue weighted by atomic mass is 16.6. The Bertz CT molecular complexity index is 1620. The number of unbranched alkanes of at least 4 members (excludes halogenated alkanes) is 20. The largest absolute Gasteiger partial charge is 0.508 e. The van der Waals surface area contributed by atoms with Crippen molar-refractivity contribution in [3.63, 3.8) is 0 Å². The van der Waals surface area contributed by atoms with E-state index in [9.17, 15) is 14.7 Å². The molecule has 0 bridgehead atoms. The highest BCUT2D eigenvalue weighted by molar-refractivity contribution is 5.99. The lowest BCUT2D eigenvalue weighted by molar-refractivity contribution is -0.158. The maximum atomic E-state index is 13.6. The fourth-order valence-corrected chi connectivity index (χ4v) is 7.94. The lowest BCUT2D eigenvalue weighted by Crippen LogP contribution is -2.26. The number of aromatic hydroxyl groups is 1. The van der Waals surface area contributed by atoms with Crippen LogP contribution < -0.4 is 4.74 Å². The molecule has 0 spiro atoms. The summed E-state index contributed by atoms with van der Waals surface area (Å²) >= 11 is 0. The molecular formula is C55H83NO6. The highest BCUT2D eigenvalue weighted by Crippen LogP contribution is 2.37. The van der Waals surface area contributed by atoms with Crippen molar-refractivity contribution < 1.29 is 28.9 Å². The summed E-state index contributed by atoms with van der Waals surface area (Å²) in [5.41, 5.74) is 4.72. The number of carbonyl (C=O) groups excluding carboxylic acids is 2. The summed E-state index contributed by atoms with van der Waals surface area (Å²) in [6.45, 7) is 5.88. The summed E-state index contributed by atoms with van der Waals surface area (Å²) < 4.78 is 18.2. The summed E-state index contributed by atoms with van der Waals surface area (Å²) in [5.74, 6) is 0.449. The van der Waals surface area contributed by atoms with Gasteiger partial charge in [0.25, 0.3) is 0 Å². The number of hydrogen-bond donors (Lipinski definition) is 1. The predicted molar refractivity (Wildman–Crippen MR) is 259 cm³/mol. The molecule has 0 saturated heterocycles. The molecule has 0 radical (unpaired) electrons. The van der Waals surface area contributed by atoms with E-state index in [1.165, 1.54) is 103 Å². The van der Waals surface area contributed by atoms with Gasteiger partial charge in [0, 0.05) is 25.8 Å². The predicted octanol–water partition coefficient (Wildman–Crippen LogP) is 14.5. The van der Waals surface area contributed by atoms with Gasteiger partial charge in [-0.05, 0) is 79.0 Å². The number of hydrogen-bond acceptors (Lipinski definition) is 7. The van der Waals surface area contributed by atoms with Gasteiger partial charge in [0.05, 0.1) is 0 Å². The average molecular weight is 854 g/mol. The van der Waals surface area contributed by atoms with Crippen LogP contribution >= 0.6 is 0 Å². The smallest absolute Gasteiger partial charge is 0.306 e. The third kappa shape index (κ3) is 23.4. The second-order valence-corrected chi connectivity index (χ2v) is 17.5. The van der Waals surface area contributed by atoms with Crippen molar-refractivity contribution in [3.05, 3.63) is 95.6 Å². The summed E-state index contributed by atoms with van der Waals surface area (Å²) in [6, 6.07) is 25.4. The minimum Gasteiger partial charge on any atom is -0.508 e. The number of ether oxygens (including phenoxy) is 3. The van der Waals surface area contributed by atoms with Gasteiger partial charge in [0.1, 0.15) is 30.8 Å². The number of carbonyl (C=O) groups is 2. The molecule has 1 N–H and O–H groups in total. The third-order valence-corrected chi connectivity index (χ3v) is 11.7. The fourth-order valence-electron chi connectivity index (χ4n) is 7.94. The van der Waals surface area contributed by atoms with Gasteiger partial charge in [-0.2, -0.15) is 0 Å². The lowest BCUT2D eigenvalue weighted by Gasteiger charge is -2.23. The Kier molecular flexibility index (Phi) is 28.2. The van der Waals surface area contributed by atoms with Crippen molar-refractivity contribution in [2.24, 2.45) is 0 Å². The van der Waals surface area contributed by atoms with Gasteiger partial charge in [0.15, 0.2) is 0 Å². The average Bonchev–Trinajstić information content (AvgIpc) is 3.27. The van der Waals surface area contributed by atoms with E-state index >= 15 is 0 Å². The standard InChI is InChI=1S/C55H83NO6/c1-5-7-9-11-13-15-17-19-21-23-28-32-53(58)61-45-51(62-54(59)33-29-24-22-20-18-16-14-12-10-8-6-2)44-52(46-30-26-25-27-31-46)55(47-34-38-49(57)39-35-47)48-36-40-50(41-37-48)60-43-42-56(3)4/h25-27,30-31,34-41,51,57H,5-24,28-29,32-33,42-45H2,1-4H3/b55-52-. The number of rotatable bonds is 36. The van der Waals surface area contributed by atoms with Crippen molar-refractivity contribution in [3.8, 4) is 11.5 Å². The van der Waals surface area contributed by atoms with Gasteiger partial charge in [-0.3, -0.25) is 9.59 Å². The molecule has 62 heavy (non-hydrogen) atoms. The SMILES string of the molecule is CCCCCCCCCCCCCC(=O)OCC(C/C(=C(\c1ccc(O)cc1)c1ccc(OCCN(C)C)cc1)c1ccccc1)OC(=O)CCCCCCCCCCCCC. The number of likely N-dealkylation sites (N-methyl/N-ethyl adjacent to an activating group) is 1. The van der Waals surface area contributed by atoms with Crippen LogP contribution in [0.15, 0.2) is 78.9 Å². The first kappa shape index (κ1) is 52.2. The van der Waals surface area contributed by atoms with E-state index in [1.54, 1.807) is 12.1 Å². The molecule has 0 fully saturated rings. The number of esters is 2. The van der Waals surface area contributed by atoms with Gasteiger partial charge in [-0.25, -0.2) is 0 Å². The fraction of sp³-hybridized carbons (Fsp3) is 0.600.